The monoisotopic (exact) mass is 422 g/mol. The SMILES string of the molecule is CCOc1cc(CN(C)C(=O)c2ccc3c(c2)NC(=O)CS3)ccc1OC(F)F. The van der Waals surface area contributed by atoms with Crippen molar-refractivity contribution in [3.63, 3.8) is 0 Å². The third kappa shape index (κ3) is 5.17. The highest BCUT2D eigenvalue weighted by atomic mass is 32.2. The van der Waals surface area contributed by atoms with Crippen molar-refractivity contribution in [1.29, 1.82) is 0 Å². The number of nitrogens with one attached hydrogen (secondary N) is 1. The first-order chi connectivity index (χ1) is 13.9. The van der Waals surface area contributed by atoms with Gasteiger partial charge in [-0.25, -0.2) is 0 Å². The van der Waals surface area contributed by atoms with Crippen molar-refractivity contribution in [2.75, 3.05) is 24.7 Å². The summed E-state index contributed by atoms with van der Waals surface area (Å²) in [6.07, 6.45) is 0. The molecule has 9 heteroatoms. The van der Waals surface area contributed by atoms with Crippen LogP contribution in [0.2, 0.25) is 0 Å². The first-order valence-corrected chi connectivity index (χ1v) is 9.88. The highest BCUT2D eigenvalue weighted by Gasteiger charge is 2.19. The number of nitrogens with zero attached hydrogens (tertiary/aromatic N) is 1. The number of anilines is 1. The Hall–Kier alpha value is -2.81. The summed E-state index contributed by atoms with van der Waals surface area (Å²) in [6.45, 7) is -0.684. The molecule has 0 spiro atoms. The molecule has 154 valence electrons. The van der Waals surface area contributed by atoms with E-state index in [0.717, 1.165) is 4.90 Å². The van der Waals surface area contributed by atoms with E-state index in [4.69, 9.17) is 4.74 Å². The molecule has 1 aliphatic rings. The molecule has 1 aliphatic heterocycles. The van der Waals surface area contributed by atoms with Gasteiger partial charge >= 0.3 is 6.61 Å². The largest absolute Gasteiger partial charge is 0.490 e. The summed E-state index contributed by atoms with van der Waals surface area (Å²) >= 11 is 1.42. The fourth-order valence-electron chi connectivity index (χ4n) is 2.89. The zero-order valence-electron chi connectivity index (χ0n) is 15.9. The van der Waals surface area contributed by atoms with Crippen molar-refractivity contribution in [2.45, 2.75) is 25.0 Å². The van der Waals surface area contributed by atoms with Gasteiger partial charge < -0.3 is 19.7 Å². The second-order valence-electron chi connectivity index (χ2n) is 6.30. The third-order valence-corrected chi connectivity index (χ3v) is 5.22. The van der Waals surface area contributed by atoms with Crippen molar-refractivity contribution in [3.05, 3.63) is 47.5 Å². The van der Waals surface area contributed by atoms with Gasteiger partial charge in [0.05, 0.1) is 18.0 Å². The van der Waals surface area contributed by atoms with E-state index in [9.17, 15) is 18.4 Å². The number of rotatable bonds is 7. The van der Waals surface area contributed by atoms with Crippen LogP contribution in [0, 0.1) is 0 Å². The zero-order chi connectivity index (χ0) is 21.0. The number of thioether (sulfide) groups is 1. The number of carbonyl (C=O) groups is 2. The minimum absolute atomic E-state index is 0.0532. The Kier molecular flexibility index (Phi) is 6.58. The van der Waals surface area contributed by atoms with Gasteiger partial charge in [0.2, 0.25) is 5.91 Å². The highest BCUT2D eigenvalue weighted by molar-refractivity contribution is 8.00. The normalized spacial score (nSPS) is 12.9. The molecule has 6 nitrogen and oxygen atoms in total. The average molecular weight is 422 g/mol. The van der Waals surface area contributed by atoms with E-state index in [2.05, 4.69) is 10.1 Å². The number of hydrogen-bond acceptors (Lipinski definition) is 5. The maximum absolute atomic E-state index is 12.8. The van der Waals surface area contributed by atoms with Gasteiger partial charge in [-0.1, -0.05) is 6.07 Å². The molecule has 0 saturated heterocycles. The Balaban J connectivity index is 1.75. The summed E-state index contributed by atoms with van der Waals surface area (Å²) in [5.41, 5.74) is 1.77. The van der Waals surface area contributed by atoms with E-state index in [0.29, 0.717) is 22.6 Å². The second kappa shape index (κ2) is 9.13. The Bertz CT molecular complexity index is 923. The lowest BCUT2D eigenvalue weighted by molar-refractivity contribution is -0.113. The highest BCUT2D eigenvalue weighted by Crippen LogP contribution is 2.33. The van der Waals surface area contributed by atoms with E-state index in [1.165, 1.54) is 22.7 Å². The number of benzene rings is 2. The van der Waals surface area contributed by atoms with Gasteiger partial charge in [-0.05, 0) is 42.8 Å². The summed E-state index contributed by atoms with van der Waals surface area (Å²) in [6, 6.07) is 9.76. The second-order valence-corrected chi connectivity index (χ2v) is 7.32. The van der Waals surface area contributed by atoms with Crippen LogP contribution in [0.5, 0.6) is 11.5 Å². The molecule has 2 amide bonds. The fourth-order valence-corrected chi connectivity index (χ4v) is 3.68. The summed E-state index contributed by atoms with van der Waals surface area (Å²) in [4.78, 5) is 26.8. The summed E-state index contributed by atoms with van der Waals surface area (Å²) in [5, 5.41) is 2.76. The van der Waals surface area contributed by atoms with Gasteiger partial charge in [-0.15, -0.1) is 11.8 Å². The lowest BCUT2D eigenvalue weighted by Gasteiger charge is -2.21. The number of ether oxygens (including phenoxy) is 2. The first-order valence-electron chi connectivity index (χ1n) is 8.90. The van der Waals surface area contributed by atoms with E-state index in [-0.39, 0.29) is 36.5 Å². The zero-order valence-corrected chi connectivity index (χ0v) is 16.7. The Morgan fingerprint density at radius 3 is 2.76 bits per heavy atom. The summed E-state index contributed by atoms with van der Waals surface area (Å²) in [5.74, 6) is 0.161. The molecule has 2 aromatic carbocycles. The fraction of sp³-hybridized carbons (Fsp3) is 0.300. The van der Waals surface area contributed by atoms with Gasteiger partial charge in [0.25, 0.3) is 5.91 Å². The maximum Gasteiger partial charge on any atom is 0.387 e. The predicted molar refractivity (Wildman–Crippen MR) is 106 cm³/mol. The molecule has 2 aromatic rings. The molecule has 0 radical (unpaired) electrons. The van der Waals surface area contributed by atoms with Crippen LogP contribution in [0.25, 0.3) is 0 Å². The molecule has 1 heterocycles. The lowest BCUT2D eigenvalue weighted by atomic mass is 10.1. The molecule has 29 heavy (non-hydrogen) atoms. The van der Waals surface area contributed by atoms with E-state index < -0.39 is 6.61 Å². The quantitative estimate of drug-likeness (QED) is 0.731. The molecule has 0 atom stereocenters. The summed E-state index contributed by atoms with van der Waals surface area (Å²) in [7, 11) is 1.64. The third-order valence-electron chi connectivity index (χ3n) is 4.15. The van der Waals surface area contributed by atoms with Crippen LogP contribution in [-0.2, 0) is 11.3 Å². The smallest absolute Gasteiger partial charge is 0.387 e. The van der Waals surface area contributed by atoms with Crippen LogP contribution in [0.1, 0.15) is 22.8 Å². The van der Waals surface area contributed by atoms with Crippen molar-refractivity contribution in [3.8, 4) is 11.5 Å². The van der Waals surface area contributed by atoms with Crippen LogP contribution >= 0.6 is 11.8 Å². The number of fused-ring (bicyclic) bond motifs is 1. The number of hydrogen-bond donors (Lipinski definition) is 1. The first kappa shape index (κ1) is 20.9. The van der Waals surface area contributed by atoms with E-state index >= 15 is 0 Å². The van der Waals surface area contributed by atoms with Crippen LogP contribution in [0.15, 0.2) is 41.3 Å². The number of halogens is 2. The molecule has 0 unspecified atom stereocenters. The van der Waals surface area contributed by atoms with E-state index in [1.54, 1.807) is 38.2 Å². The lowest BCUT2D eigenvalue weighted by Crippen LogP contribution is -2.27. The van der Waals surface area contributed by atoms with Crippen molar-refractivity contribution < 1.29 is 27.8 Å². The molecular formula is C20H20F2N2O4S. The van der Waals surface area contributed by atoms with Crippen LogP contribution in [-0.4, -0.2) is 42.7 Å². The number of carbonyl (C=O) groups excluding carboxylic acids is 2. The van der Waals surface area contributed by atoms with Crippen LogP contribution < -0.4 is 14.8 Å². The van der Waals surface area contributed by atoms with Gasteiger partial charge in [0.15, 0.2) is 11.5 Å². The molecule has 0 aliphatic carbocycles. The predicted octanol–water partition coefficient (Wildman–Crippen LogP) is 4.00. The van der Waals surface area contributed by atoms with Crippen molar-refractivity contribution in [2.24, 2.45) is 0 Å². The van der Waals surface area contributed by atoms with Crippen molar-refractivity contribution >= 4 is 29.3 Å². The van der Waals surface area contributed by atoms with Crippen LogP contribution in [0.4, 0.5) is 14.5 Å². The Labute approximate surface area is 171 Å². The molecule has 0 bridgehead atoms. The van der Waals surface area contributed by atoms with Gasteiger partial charge in [-0.2, -0.15) is 8.78 Å². The van der Waals surface area contributed by atoms with E-state index in [1.807, 2.05) is 6.07 Å². The molecule has 1 N–H and O–H groups in total. The standard InChI is InChI=1S/C20H20F2N2O4S/c1-3-27-16-8-12(4-6-15(16)28-20(21)22)10-24(2)19(26)13-5-7-17-14(9-13)23-18(25)11-29-17/h4-9,20H,3,10-11H2,1-2H3,(H,23,25). The van der Waals surface area contributed by atoms with Gasteiger partial charge in [0.1, 0.15) is 0 Å². The minimum Gasteiger partial charge on any atom is -0.490 e. The molecular weight excluding hydrogens is 402 g/mol. The Morgan fingerprint density at radius 2 is 2.03 bits per heavy atom. The number of alkyl halides is 2. The maximum atomic E-state index is 12.8. The van der Waals surface area contributed by atoms with Crippen LogP contribution in [0.3, 0.4) is 0 Å². The minimum atomic E-state index is -2.95. The van der Waals surface area contributed by atoms with Gasteiger partial charge in [0, 0.05) is 24.1 Å². The topological polar surface area (TPSA) is 67.9 Å². The molecule has 0 aromatic heterocycles. The molecule has 3 rings (SSSR count). The summed E-state index contributed by atoms with van der Waals surface area (Å²) < 4.78 is 34.9. The average Bonchev–Trinajstić information content (AvgIpc) is 2.68. The molecule has 0 fully saturated rings. The van der Waals surface area contributed by atoms with Crippen molar-refractivity contribution in [1.82, 2.24) is 4.90 Å². The molecule has 0 saturated carbocycles. The number of amides is 2. The van der Waals surface area contributed by atoms with Gasteiger partial charge in [-0.3, -0.25) is 9.59 Å². The Morgan fingerprint density at radius 1 is 1.24 bits per heavy atom.